The predicted octanol–water partition coefficient (Wildman–Crippen LogP) is 3.27. The minimum absolute atomic E-state index is 0.0483. The summed E-state index contributed by atoms with van der Waals surface area (Å²) < 4.78 is 5.73. The summed E-state index contributed by atoms with van der Waals surface area (Å²) in [6.07, 6.45) is 1.51. The molecule has 138 valence electrons. The zero-order valence-corrected chi connectivity index (χ0v) is 15.7. The van der Waals surface area contributed by atoms with Gasteiger partial charge in [0.05, 0.1) is 23.3 Å². The van der Waals surface area contributed by atoms with Crippen molar-refractivity contribution in [3.63, 3.8) is 0 Å². The summed E-state index contributed by atoms with van der Waals surface area (Å²) in [7, 11) is 0. The molecule has 3 aliphatic rings. The van der Waals surface area contributed by atoms with Crippen LogP contribution in [0.2, 0.25) is 10.0 Å². The highest BCUT2D eigenvalue weighted by molar-refractivity contribution is 6.42. The maximum Gasteiger partial charge on any atom is 0.266 e. The molecule has 3 aliphatic heterocycles. The third kappa shape index (κ3) is 2.81. The van der Waals surface area contributed by atoms with Crippen LogP contribution >= 0.6 is 23.2 Å². The molecule has 2 saturated heterocycles. The number of hydrazine groups is 2. The van der Waals surface area contributed by atoms with Gasteiger partial charge in [-0.3, -0.25) is 4.79 Å². The second-order valence-corrected chi connectivity index (χ2v) is 7.35. The fraction of sp³-hybridized carbons (Fsp3) is 0.211. The topological polar surface area (TPSA) is 47.6 Å². The van der Waals surface area contributed by atoms with E-state index in [0.717, 1.165) is 16.8 Å². The lowest BCUT2D eigenvalue weighted by atomic mass is 10.2. The first-order chi connectivity index (χ1) is 13.1. The number of carbonyl (C=O) groups excluding carboxylic acids is 1. The molecule has 27 heavy (non-hydrogen) atoms. The van der Waals surface area contributed by atoms with Gasteiger partial charge in [0.1, 0.15) is 6.17 Å². The van der Waals surface area contributed by atoms with E-state index < -0.39 is 0 Å². The largest absolute Gasteiger partial charge is 0.371 e. The average Bonchev–Trinajstić information content (AvgIpc) is 3.32. The second-order valence-electron chi connectivity index (χ2n) is 6.56. The van der Waals surface area contributed by atoms with Crippen molar-refractivity contribution in [3.8, 4) is 0 Å². The molecule has 0 saturated carbocycles. The van der Waals surface area contributed by atoms with E-state index in [1.807, 2.05) is 35.4 Å². The molecular formula is C19H16Cl2N4O2. The van der Waals surface area contributed by atoms with E-state index in [0.29, 0.717) is 23.3 Å². The van der Waals surface area contributed by atoms with Gasteiger partial charge >= 0.3 is 0 Å². The van der Waals surface area contributed by atoms with Crippen molar-refractivity contribution < 1.29 is 9.53 Å². The molecule has 0 spiro atoms. The molecule has 3 heterocycles. The lowest BCUT2D eigenvalue weighted by Crippen LogP contribution is -2.66. The number of hydrogen-bond donors (Lipinski definition) is 1. The fourth-order valence-electron chi connectivity index (χ4n) is 3.52. The zero-order chi connectivity index (χ0) is 18.5. The Hall–Kier alpha value is -2.09. The first-order valence-corrected chi connectivity index (χ1v) is 9.34. The van der Waals surface area contributed by atoms with Crippen molar-refractivity contribution in [2.45, 2.75) is 19.1 Å². The summed E-state index contributed by atoms with van der Waals surface area (Å²) in [5.74, 6) is -0.0483. The number of rotatable bonds is 5. The first-order valence-electron chi connectivity index (χ1n) is 8.58. The van der Waals surface area contributed by atoms with Crippen molar-refractivity contribution in [2.24, 2.45) is 0 Å². The van der Waals surface area contributed by atoms with Crippen LogP contribution in [-0.4, -0.2) is 33.9 Å². The molecule has 2 aromatic rings. The molecule has 2 aromatic carbocycles. The summed E-state index contributed by atoms with van der Waals surface area (Å²) in [5, 5.41) is 10.1. The first kappa shape index (κ1) is 17.0. The van der Waals surface area contributed by atoms with Crippen molar-refractivity contribution in [1.29, 1.82) is 0 Å². The number of hydrogen-bond acceptors (Lipinski definition) is 5. The van der Waals surface area contributed by atoms with Gasteiger partial charge in [0, 0.05) is 11.8 Å². The van der Waals surface area contributed by atoms with Crippen LogP contribution in [0.3, 0.4) is 0 Å². The van der Waals surface area contributed by atoms with Gasteiger partial charge in [-0.15, -0.1) is 5.12 Å². The van der Waals surface area contributed by atoms with Crippen LogP contribution in [0.15, 0.2) is 60.3 Å². The molecular weight excluding hydrogens is 387 g/mol. The van der Waals surface area contributed by atoms with E-state index in [4.69, 9.17) is 27.9 Å². The number of amides is 1. The number of nitrogens with zero attached hydrogens (tertiary/aromatic N) is 3. The molecule has 0 aliphatic carbocycles. The van der Waals surface area contributed by atoms with Gasteiger partial charge in [0.15, 0.2) is 6.29 Å². The summed E-state index contributed by atoms with van der Waals surface area (Å²) in [5.41, 5.74) is 2.73. The lowest BCUT2D eigenvalue weighted by molar-refractivity contribution is -0.200. The normalized spacial score (nSPS) is 27.9. The van der Waals surface area contributed by atoms with E-state index in [-0.39, 0.29) is 18.4 Å². The van der Waals surface area contributed by atoms with Crippen molar-refractivity contribution >= 4 is 29.1 Å². The minimum Gasteiger partial charge on any atom is -0.371 e. The van der Waals surface area contributed by atoms with Crippen LogP contribution in [0.4, 0.5) is 0 Å². The molecule has 1 N–H and O–H groups in total. The lowest BCUT2D eigenvalue weighted by Gasteiger charge is -2.43. The van der Waals surface area contributed by atoms with E-state index in [1.165, 1.54) is 0 Å². The number of fused-ring (bicyclic) bond motifs is 4. The van der Waals surface area contributed by atoms with E-state index in [9.17, 15) is 4.79 Å². The molecule has 8 heteroatoms. The highest BCUT2D eigenvalue weighted by Crippen LogP contribution is 2.53. The Morgan fingerprint density at radius 2 is 1.85 bits per heavy atom. The minimum atomic E-state index is -0.166. The SMILES string of the molecule is O=C1C=C(COCc2cccc(Cl)c2Cl)NC2N1[N@]1C(c3ccccc3)N21. The van der Waals surface area contributed by atoms with Crippen LogP contribution in [0.1, 0.15) is 17.3 Å². The van der Waals surface area contributed by atoms with Crippen molar-refractivity contribution in [2.75, 3.05) is 6.61 Å². The summed E-state index contributed by atoms with van der Waals surface area (Å²) in [6.45, 7) is 0.617. The van der Waals surface area contributed by atoms with Gasteiger partial charge in [-0.2, -0.15) is 5.01 Å². The van der Waals surface area contributed by atoms with Gasteiger partial charge in [-0.05, 0) is 17.2 Å². The van der Waals surface area contributed by atoms with Gasteiger partial charge < -0.3 is 10.1 Å². The molecule has 0 bridgehead atoms. The highest BCUT2D eigenvalue weighted by Gasteiger charge is 2.68. The van der Waals surface area contributed by atoms with Gasteiger partial charge in [0.2, 0.25) is 0 Å². The Labute approximate surface area is 166 Å². The zero-order valence-electron chi connectivity index (χ0n) is 14.2. The Bertz CT molecular complexity index is 937. The van der Waals surface area contributed by atoms with Gasteiger partial charge in [0.25, 0.3) is 5.91 Å². The molecule has 0 aromatic heterocycles. The molecule has 2 fully saturated rings. The number of halogens is 2. The van der Waals surface area contributed by atoms with Crippen LogP contribution in [-0.2, 0) is 16.1 Å². The summed E-state index contributed by atoms with van der Waals surface area (Å²) >= 11 is 12.2. The Morgan fingerprint density at radius 3 is 2.67 bits per heavy atom. The van der Waals surface area contributed by atoms with Crippen LogP contribution in [0.5, 0.6) is 0 Å². The Morgan fingerprint density at radius 1 is 1.04 bits per heavy atom. The molecule has 6 nitrogen and oxygen atoms in total. The molecule has 0 radical (unpaired) electrons. The molecule has 4 atom stereocenters. The van der Waals surface area contributed by atoms with Gasteiger partial charge in [-0.1, -0.05) is 65.7 Å². The molecule has 5 rings (SSSR count). The van der Waals surface area contributed by atoms with E-state index in [2.05, 4.69) is 22.5 Å². The Kier molecular flexibility index (Phi) is 4.11. The third-order valence-corrected chi connectivity index (χ3v) is 5.69. The van der Waals surface area contributed by atoms with Crippen molar-refractivity contribution in [1.82, 2.24) is 20.5 Å². The van der Waals surface area contributed by atoms with Crippen LogP contribution < -0.4 is 5.32 Å². The fourth-order valence-corrected chi connectivity index (χ4v) is 3.90. The number of carbonyl (C=O) groups is 1. The van der Waals surface area contributed by atoms with Gasteiger partial charge in [-0.25, -0.2) is 5.01 Å². The maximum absolute atomic E-state index is 12.5. The monoisotopic (exact) mass is 402 g/mol. The quantitative estimate of drug-likeness (QED) is 0.777. The number of nitrogens with one attached hydrogen (secondary N) is 1. The number of benzene rings is 2. The van der Waals surface area contributed by atoms with Crippen LogP contribution in [0, 0.1) is 0 Å². The van der Waals surface area contributed by atoms with E-state index in [1.54, 1.807) is 17.2 Å². The van der Waals surface area contributed by atoms with Crippen molar-refractivity contribution in [3.05, 3.63) is 81.5 Å². The smallest absolute Gasteiger partial charge is 0.266 e. The second kappa shape index (κ2) is 6.51. The number of ether oxygens (including phenoxy) is 1. The predicted molar refractivity (Wildman–Crippen MR) is 101 cm³/mol. The third-order valence-electron chi connectivity index (χ3n) is 4.84. The highest BCUT2D eigenvalue weighted by atomic mass is 35.5. The summed E-state index contributed by atoms with van der Waals surface area (Å²) in [4.78, 5) is 12.5. The summed E-state index contributed by atoms with van der Waals surface area (Å²) in [6, 6.07) is 15.6. The molecule has 1 amide bonds. The molecule has 3 unspecified atom stereocenters. The maximum atomic E-state index is 12.5. The Balaban J connectivity index is 1.21. The van der Waals surface area contributed by atoms with Crippen LogP contribution in [0.25, 0.3) is 0 Å². The average molecular weight is 403 g/mol. The standard InChI is InChI=1S/C19H16Cl2N4O2/c20-15-8-4-7-13(17(15)21)10-27-11-14-9-16(26)23-19(22-14)24-18(25(23)24)12-5-2-1-3-6-12/h1-9,18-19,22H,10-11H2/t18?,19?,24?,25-/m0/s1. The van der Waals surface area contributed by atoms with E-state index >= 15 is 0 Å².